The first-order valence-electron chi connectivity index (χ1n) is 11.2. The van der Waals surface area contributed by atoms with Gasteiger partial charge in [-0.3, -0.25) is 20.5 Å². The van der Waals surface area contributed by atoms with Gasteiger partial charge in [0.05, 0.1) is 0 Å². The van der Waals surface area contributed by atoms with Crippen molar-refractivity contribution in [1.29, 1.82) is 10.8 Å². The third-order valence-corrected chi connectivity index (χ3v) is 6.56. The molecule has 1 atom stereocenters. The average Bonchev–Trinajstić information content (AvgIpc) is 3.17. The number of carbonyl (C=O) groups excluding carboxylic acids is 1. The number of rotatable bonds is 7. The molecule has 1 saturated heterocycles. The van der Waals surface area contributed by atoms with E-state index in [1.54, 1.807) is 0 Å². The second-order valence-corrected chi connectivity index (χ2v) is 9.09. The lowest BCUT2D eigenvalue weighted by Crippen LogP contribution is -2.48. The lowest BCUT2D eigenvalue weighted by Gasteiger charge is -2.35. The molecule has 1 aromatic carbocycles. The van der Waals surface area contributed by atoms with Gasteiger partial charge >= 0.3 is 0 Å². The fourth-order valence-electron chi connectivity index (χ4n) is 4.09. The average molecular weight is 443 g/mol. The van der Waals surface area contributed by atoms with E-state index in [0.717, 1.165) is 75.7 Å². The molecule has 3 rings (SSSR count). The maximum Gasteiger partial charge on any atom is 0.276 e. The van der Waals surface area contributed by atoms with Gasteiger partial charge in [0, 0.05) is 49.3 Å². The molecule has 2 aromatic rings. The van der Waals surface area contributed by atoms with Crippen LogP contribution in [0.15, 0.2) is 30.5 Å². The van der Waals surface area contributed by atoms with Gasteiger partial charge < -0.3 is 15.2 Å². The number of aromatic amines is 1. The van der Waals surface area contributed by atoms with E-state index in [1.807, 2.05) is 29.3 Å². The molecular formula is C23H34N6OS. The number of fused-ring (bicyclic) bond motifs is 1. The minimum absolute atomic E-state index is 0.0376. The summed E-state index contributed by atoms with van der Waals surface area (Å²) in [5, 5.41) is 20.9. The lowest BCUT2D eigenvalue weighted by molar-refractivity contribution is -0.115. The maximum absolute atomic E-state index is 12.7. The van der Waals surface area contributed by atoms with Crippen molar-refractivity contribution < 1.29 is 4.79 Å². The maximum atomic E-state index is 12.7. The second-order valence-electron chi connectivity index (χ2n) is 8.09. The molecule has 0 saturated carbocycles. The van der Waals surface area contributed by atoms with Gasteiger partial charge in [-0.05, 0) is 49.2 Å². The number of benzene rings is 1. The Kier molecular flexibility index (Phi) is 8.54. The van der Waals surface area contributed by atoms with E-state index in [1.165, 1.54) is 10.9 Å². The number of amidine groups is 1. The van der Waals surface area contributed by atoms with Crippen molar-refractivity contribution in [3.63, 3.8) is 0 Å². The molecule has 0 aliphatic carbocycles. The summed E-state index contributed by atoms with van der Waals surface area (Å²) in [5.41, 5.74) is 2.26. The summed E-state index contributed by atoms with van der Waals surface area (Å²) in [4.78, 5) is 20.3. The Bertz CT molecular complexity index is 902. The number of para-hydroxylation sites is 1. The number of thioether (sulfide) groups is 1. The molecule has 0 spiro atoms. The van der Waals surface area contributed by atoms with Crippen LogP contribution in [0.25, 0.3) is 10.9 Å². The van der Waals surface area contributed by atoms with Gasteiger partial charge in [-0.2, -0.15) is 0 Å². The standard InChI is InChI=1S/C23H34N6OS/c1-3-7-18(15-17-16-26-20-9-6-5-8-19(17)20)27-22(30)21(24)31-23(25)29-13-11-28(10-4-2)12-14-29/h5-6,8-9,16,18,24-26H,3-4,7,10-15H2,1-2H3,(H,27,30). The number of nitrogens with one attached hydrogen (secondary N) is 4. The highest BCUT2D eigenvalue weighted by Gasteiger charge is 2.23. The highest BCUT2D eigenvalue weighted by atomic mass is 32.2. The zero-order valence-corrected chi connectivity index (χ0v) is 19.4. The van der Waals surface area contributed by atoms with Gasteiger partial charge in [-0.1, -0.05) is 38.5 Å². The fourth-order valence-corrected chi connectivity index (χ4v) is 4.75. The van der Waals surface area contributed by atoms with Crippen LogP contribution >= 0.6 is 11.8 Å². The van der Waals surface area contributed by atoms with Crippen molar-refractivity contribution in [2.24, 2.45) is 0 Å². The number of H-pyrrole nitrogens is 1. The summed E-state index contributed by atoms with van der Waals surface area (Å²) in [7, 11) is 0. The van der Waals surface area contributed by atoms with Gasteiger partial charge in [-0.15, -0.1) is 0 Å². The minimum atomic E-state index is -0.391. The number of hydrogen-bond donors (Lipinski definition) is 4. The van der Waals surface area contributed by atoms with Crippen LogP contribution in [0.1, 0.15) is 38.7 Å². The number of nitrogens with zero attached hydrogens (tertiary/aromatic N) is 2. The van der Waals surface area contributed by atoms with Crippen LogP contribution in [-0.4, -0.2) is 69.7 Å². The van der Waals surface area contributed by atoms with E-state index < -0.39 is 5.91 Å². The zero-order chi connectivity index (χ0) is 22.2. The number of aromatic nitrogens is 1. The van der Waals surface area contributed by atoms with Crippen LogP contribution in [0.4, 0.5) is 0 Å². The molecule has 8 heteroatoms. The predicted octanol–water partition coefficient (Wildman–Crippen LogP) is 3.67. The van der Waals surface area contributed by atoms with Gasteiger partial charge in [0.2, 0.25) is 0 Å². The molecule has 1 amide bonds. The molecule has 1 aliphatic rings. The smallest absolute Gasteiger partial charge is 0.276 e. The predicted molar refractivity (Wildman–Crippen MR) is 130 cm³/mol. The third kappa shape index (κ3) is 6.33. The lowest BCUT2D eigenvalue weighted by atomic mass is 10.0. The van der Waals surface area contributed by atoms with Crippen LogP contribution < -0.4 is 5.32 Å². The van der Waals surface area contributed by atoms with Gasteiger partial charge in [0.25, 0.3) is 5.91 Å². The van der Waals surface area contributed by atoms with Crippen LogP contribution in [0.2, 0.25) is 0 Å². The zero-order valence-electron chi connectivity index (χ0n) is 18.5. The fraction of sp³-hybridized carbons (Fsp3) is 0.522. The Hall–Kier alpha value is -2.32. The molecule has 4 N–H and O–H groups in total. The Morgan fingerprint density at radius 1 is 1.16 bits per heavy atom. The molecule has 0 radical (unpaired) electrons. The number of amides is 1. The third-order valence-electron chi connectivity index (χ3n) is 5.72. The Labute approximate surface area is 189 Å². The van der Waals surface area contributed by atoms with Crippen molar-refractivity contribution in [2.75, 3.05) is 32.7 Å². The highest BCUT2D eigenvalue weighted by Crippen LogP contribution is 2.20. The second kappa shape index (κ2) is 11.3. The van der Waals surface area contributed by atoms with Crippen molar-refractivity contribution in [3.05, 3.63) is 36.0 Å². The molecule has 1 fully saturated rings. The normalized spacial score (nSPS) is 15.7. The topological polar surface area (TPSA) is 99.1 Å². The molecule has 2 heterocycles. The first-order chi connectivity index (χ1) is 15.0. The van der Waals surface area contributed by atoms with Crippen LogP contribution in [-0.2, 0) is 11.2 Å². The minimum Gasteiger partial charge on any atom is -0.361 e. The molecular weight excluding hydrogens is 408 g/mol. The number of carbonyl (C=O) groups is 1. The summed E-state index contributed by atoms with van der Waals surface area (Å²) < 4.78 is 0. The van der Waals surface area contributed by atoms with Crippen LogP contribution in [0.5, 0.6) is 0 Å². The molecule has 1 aliphatic heterocycles. The molecule has 0 bridgehead atoms. The summed E-state index contributed by atoms with van der Waals surface area (Å²) in [6.45, 7) is 8.77. The van der Waals surface area contributed by atoms with Crippen molar-refractivity contribution in [3.8, 4) is 0 Å². The van der Waals surface area contributed by atoms with E-state index >= 15 is 0 Å². The first-order valence-corrected chi connectivity index (χ1v) is 12.0. The van der Waals surface area contributed by atoms with E-state index in [-0.39, 0.29) is 11.1 Å². The summed E-state index contributed by atoms with van der Waals surface area (Å²) in [5.74, 6) is -0.391. The van der Waals surface area contributed by atoms with Crippen molar-refractivity contribution in [2.45, 2.75) is 45.6 Å². The van der Waals surface area contributed by atoms with E-state index in [2.05, 4.69) is 35.1 Å². The van der Waals surface area contributed by atoms with Crippen LogP contribution in [0, 0.1) is 10.8 Å². The van der Waals surface area contributed by atoms with Gasteiger partial charge in [0.1, 0.15) is 0 Å². The molecule has 168 valence electrons. The summed E-state index contributed by atoms with van der Waals surface area (Å²) >= 11 is 0.955. The number of hydrogen-bond acceptors (Lipinski definition) is 5. The SMILES string of the molecule is CCCC(Cc1c[nH]c2ccccc12)NC(=O)C(=N)SC(=N)N1CCN(CCC)CC1. The largest absolute Gasteiger partial charge is 0.361 e. The first kappa shape index (κ1) is 23.3. The van der Waals surface area contributed by atoms with Crippen molar-refractivity contribution >= 4 is 38.8 Å². The molecule has 31 heavy (non-hydrogen) atoms. The van der Waals surface area contributed by atoms with E-state index in [4.69, 9.17) is 10.8 Å². The van der Waals surface area contributed by atoms with E-state index in [0.29, 0.717) is 5.17 Å². The molecule has 7 nitrogen and oxygen atoms in total. The quantitative estimate of drug-likeness (QED) is 0.388. The van der Waals surface area contributed by atoms with Crippen LogP contribution in [0.3, 0.4) is 0 Å². The monoisotopic (exact) mass is 442 g/mol. The molecule has 1 unspecified atom stereocenters. The Balaban J connectivity index is 1.53. The van der Waals surface area contributed by atoms with E-state index in [9.17, 15) is 4.79 Å². The number of piperazine rings is 1. The summed E-state index contributed by atoms with van der Waals surface area (Å²) in [6, 6.07) is 8.13. The Morgan fingerprint density at radius 2 is 1.90 bits per heavy atom. The highest BCUT2D eigenvalue weighted by molar-refractivity contribution is 8.27. The van der Waals surface area contributed by atoms with Gasteiger partial charge in [0.15, 0.2) is 10.2 Å². The molecule has 1 aromatic heterocycles. The summed E-state index contributed by atoms with van der Waals surface area (Å²) in [6.07, 6.45) is 5.66. The van der Waals surface area contributed by atoms with Crippen molar-refractivity contribution in [1.82, 2.24) is 20.1 Å². The van der Waals surface area contributed by atoms with Gasteiger partial charge in [-0.25, -0.2) is 0 Å². The Morgan fingerprint density at radius 3 is 2.61 bits per heavy atom.